The molecule has 0 bridgehead atoms. The molecule has 2 N–H and O–H groups in total. The number of rotatable bonds is 6. The number of para-hydroxylation sites is 1. The van der Waals surface area contributed by atoms with Crippen molar-refractivity contribution in [3.63, 3.8) is 0 Å². The summed E-state index contributed by atoms with van der Waals surface area (Å²) in [6.07, 6.45) is 0. The molecule has 1 aromatic heterocycles. The van der Waals surface area contributed by atoms with Crippen LogP contribution in [0.3, 0.4) is 0 Å². The standard InChI is InChI=1S/C18H18FNO4S/c1-18(21,17-10-14-6-2-3-8-16(14)24-17)12-20-25(22,23)11-13-5-4-7-15(19)9-13/h2-10,20-21H,11-12H2,1H3. The third-order valence-corrected chi connectivity index (χ3v) is 5.14. The average molecular weight is 363 g/mol. The summed E-state index contributed by atoms with van der Waals surface area (Å²) in [6.45, 7) is 1.21. The maximum absolute atomic E-state index is 13.2. The Balaban J connectivity index is 1.72. The molecule has 0 fully saturated rings. The number of halogens is 1. The van der Waals surface area contributed by atoms with E-state index in [1.54, 1.807) is 12.1 Å². The molecule has 3 rings (SSSR count). The van der Waals surface area contributed by atoms with Gasteiger partial charge in [-0.15, -0.1) is 0 Å². The zero-order valence-electron chi connectivity index (χ0n) is 13.6. The lowest BCUT2D eigenvalue weighted by Crippen LogP contribution is -2.38. The van der Waals surface area contributed by atoms with Crippen molar-refractivity contribution in [3.8, 4) is 0 Å². The molecular formula is C18H18FNO4S. The highest BCUT2D eigenvalue weighted by Crippen LogP contribution is 2.27. The van der Waals surface area contributed by atoms with Gasteiger partial charge >= 0.3 is 0 Å². The molecule has 0 amide bonds. The van der Waals surface area contributed by atoms with Gasteiger partial charge in [0.2, 0.25) is 10.0 Å². The highest BCUT2D eigenvalue weighted by Gasteiger charge is 2.29. The molecule has 3 aromatic rings. The molecule has 0 saturated carbocycles. The Kier molecular flexibility index (Phi) is 4.64. The Morgan fingerprint density at radius 1 is 1.16 bits per heavy atom. The fraction of sp³-hybridized carbons (Fsp3) is 0.222. The van der Waals surface area contributed by atoms with Crippen molar-refractivity contribution >= 4 is 21.0 Å². The summed E-state index contributed by atoms with van der Waals surface area (Å²) in [5.41, 5.74) is -0.579. The van der Waals surface area contributed by atoms with Crippen LogP contribution in [0.5, 0.6) is 0 Å². The largest absolute Gasteiger partial charge is 0.458 e. The number of aliphatic hydroxyl groups is 1. The molecule has 132 valence electrons. The molecule has 0 aliphatic carbocycles. The van der Waals surface area contributed by atoms with E-state index in [2.05, 4.69) is 4.72 Å². The van der Waals surface area contributed by atoms with Crippen molar-refractivity contribution in [1.29, 1.82) is 0 Å². The molecule has 0 saturated heterocycles. The molecular weight excluding hydrogens is 345 g/mol. The fourth-order valence-corrected chi connectivity index (χ4v) is 3.70. The van der Waals surface area contributed by atoms with Crippen molar-refractivity contribution in [1.82, 2.24) is 4.72 Å². The Bertz CT molecular complexity index is 962. The van der Waals surface area contributed by atoms with Crippen LogP contribution in [-0.4, -0.2) is 20.1 Å². The summed E-state index contributed by atoms with van der Waals surface area (Å²) in [5.74, 6) is -0.606. The van der Waals surface area contributed by atoms with Gasteiger partial charge < -0.3 is 9.52 Å². The Morgan fingerprint density at radius 3 is 2.64 bits per heavy atom. The molecule has 0 radical (unpaired) electrons. The quantitative estimate of drug-likeness (QED) is 0.706. The highest BCUT2D eigenvalue weighted by atomic mass is 32.2. The van der Waals surface area contributed by atoms with E-state index in [4.69, 9.17) is 4.42 Å². The molecule has 1 heterocycles. The number of fused-ring (bicyclic) bond motifs is 1. The molecule has 0 aliphatic rings. The second-order valence-electron chi connectivity index (χ2n) is 6.13. The minimum Gasteiger partial charge on any atom is -0.458 e. The number of furan rings is 1. The molecule has 0 spiro atoms. The van der Waals surface area contributed by atoms with Crippen molar-refractivity contribution in [2.45, 2.75) is 18.3 Å². The fourth-order valence-electron chi connectivity index (χ4n) is 2.48. The predicted molar refractivity (Wildman–Crippen MR) is 92.8 cm³/mol. The van der Waals surface area contributed by atoms with Gasteiger partial charge in [-0.05, 0) is 36.8 Å². The van der Waals surface area contributed by atoms with Gasteiger partial charge in [-0.3, -0.25) is 0 Å². The van der Waals surface area contributed by atoms with Gasteiger partial charge in [0.15, 0.2) is 0 Å². The lowest BCUT2D eigenvalue weighted by Gasteiger charge is -2.21. The normalized spacial score (nSPS) is 14.5. The lowest BCUT2D eigenvalue weighted by molar-refractivity contribution is 0.0411. The van der Waals surface area contributed by atoms with Gasteiger partial charge in [0, 0.05) is 11.9 Å². The van der Waals surface area contributed by atoms with Gasteiger partial charge in [0.1, 0.15) is 22.8 Å². The maximum atomic E-state index is 13.2. The van der Waals surface area contributed by atoms with Crippen LogP contribution >= 0.6 is 0 Å². The van der Waals surface area contributed by atoms with Crippen molar-refractivity contribution in [3.05, 3.63) is 71.7 Å². The smallest absolute Gasteiger partial charge is 0.215 e. The van der Waals surface area contributed by atoms with Crippen LogP contribution < -0.4 is 4.72 Å². The van der Waals surface area contributed by atoms with Gasteiger partial charge in [0.25, 0.3) is 0 Å². The number of benzene rings is 2. The second-order valence-corrected chi connectivity index (χ2v) is 7.94. The molecule has 2 aromatic carbocycles. The lowest BCUT2D eigenvalue weighted by atomic mass is 10.0. The van der Waals surface area contributed by atoms with Crippen LogP contribution in [0.2, 0.25) is 0 Å². The topological polar surface area (TPSA) is 79.5 Å². The van der Waals surface area contributed by atoms with Gasteiger partial charge in [-0.1, -0.05) is 30.3 Å². The van der Waals surface area contributed by atoms with E-state index >= 15 is 0 Å². The summed E-state index contributed by atoms with van der Waals surface area (Å²) in [4.78, 5) is 0. The van der Waals surface area contributed by atoms with E-state index in [0.717, 1.165) is 11.5 Å². The van der Waals surface area contributed by atoms with Crippen LogP contribution in [-0.2, 0) is 21.4 Å². The van der Waals surface area contributed by atoms with Crippen LogP contribution in [0.15, 0.2) is 59.0 Å². The van der Waals surface area contributed by atoms with E-state index in [9.17, 15) is 17.9 Å². The van der Waals surface area contributed by atoms with Crippen molar-refractivity contribution in [2.24, 2.45) is 0 Å². The minimum absolute atomic E-state index is 0.259. The van der Waals surface area contributed by atoms with Crippen LogP contribution in [0, 0.1) is 5.82 Å². The van der Waals surface area contributed by atoms with E-state index in [1.807, 2.05) is 18.2 Å². The van der Waals surface area contributed by atoms with Crippen molar-refractivity contribution in [2.75, 3.05) is 6.54 Å². The first-order chi connectivity index (χ1) is 11.8. The number of sulfonamides is 1. The van der Waals surface area contributed by atoms with Crippen molar-refractivity contribution < 1.29 is 22.3 Å². The van der Waals surface area contributed by atoms with Crippen LogP contribution in [0.25, 0.3) is 11.0 Å². The van der Waals surface area contributed by atoms with Crippen LogP contribution in [0.4, 0.5) is 4.39 Å². The summed E-state index contributed by atoms with van der Waals surface area (Å²) in [6, 6.07) is 14.3. The van der Waals surface area contributed by atoms with E-state index in [-0.39, 0.29) is 18.1 Å². The molecule has 1 atom stereocenters. The molecule has 5 nitrogen and oxygen atoms in total. The first-order valence-electron chi connectivity index (χ1n) is 7.68. The Morgan fingerprint density at radius 2 is 1.92 bits per heavy atom. The molecule has 7 heteroatoms. The number of hydrogen-bond acceptors (Lipinski definition) is 4. The SMILES string of the molecule is CC(O)(CNS(=O)(=O)Cc1cccc(F)c1)c1cc2ccccc2o1. The Hall–Kier alpha value is -2.22. The van der Waals surface area contributed by atoms with Gasteiger partial charge in [-0.25, -0.2) is 17.5 Å². The third-order valence-electron chi connectivity index (χ3n) is 3.84. The van der Waals surface area contributed by atoms with Crippen LogP contribution in [0.1, 0.15) is 18.2 Å². The summed E-state index contributed by atoms with van der Waals surface area (Å²) >= 11 is 0. The monoisotopic (exact) mass is 363 g/mol. The third kappa shape index (κ3) is 4.25. The predicted octanol–water partition coefficient (Wildman–Crippen LogP) is 2.90. The molecule has 0 aliphatic heterocycles. The molecule has 1 unspecified atom stereocenters. The minimum atomic E-state index is -3.74. The average Bonchev–Trinajstić information content (AvgIpc) is 2.98. The summed E-state index contributed by atoms with van der Waals surface area (Å²) in [7, 11) is -3.74. The van der Waals surface area contributed by atoms with E-state index in [1.165, 1.54) is 25.1 Å². The second kappa shape index (κ2) is 6.59. The maximum Gasteiger partial charge on any atom is 0.215 e. The van der Waals surface area contributed by atoms with E-state index < -0.39 is 21.4 Å². The first kappa shape index (κ1) is 17.6. The van der Waals surface area contributed by atoms with Gasteiger partial charge in [-0.2, -0.15) is 0 Å². The Labute approximate surface area is 145 Å². The van der Waals surface area contributed by atoms with E-state index in [0.29, 0.717) is 11.1 Å². The summed E-state index contributed by atoms with van der Waals surface area (Å²) in [5, 5.41) is 11.4. The summed E-state index contributed by atoms with van der Waals surface area (Å²) < 4.78 is 45.5. The highest BCUT2D eigenvalue weighted by molar-refractivity contribution is 7.88. The van der Waals surface area contributed by atoms with Gasteiger partial charge in [0.05, 0.1) is 5.75 Å². The zero-order valence-corrected chi connectivity index (χ0v) is 14.4. The number of hydrogen-bond donors (Lipinski definition) is 2. The first-order valence-corrected chi connectivity index (χ1v) is 9.34. The zero-order chi connectivity index (χ0) is 18.1. The number of nitrogens with one attached hydrogen (secondary N) is 1. The molecule has 25 heavy (non-hydrogen) atoms.